The molecule has 0 amide bonds. The zero-order valence-corrected chi connectivity index (χ0v) is 8.12. The van der Waals surface area contributed by atoms with Crippen molar-refractivity contribution in [1.29, 1.82) is 0 Å². The molecule has 0 radical (unpaired) electrons. The molecule has 0 aromatic rings. The maximum absolute atomic E-state index is 5.17. The minimum absolute atomic E-state index is 0.493. The molecule has 0 spiro atoms. The summed E-state index contributed by atoms with van der Waals surface area (Å²) >= 11 is 0. The highest BCUT2D eigenvalue weighted by molar-refractivity contribution is 4.91. The van der Waals surface area contributed by atoms with Gasteiger partial charge in [0, 0.05) is 19.2 Å². The Labute approximate surface area is 75.2 Å². The fraction of sp³-hybridized carbons (Fsp3) is 0.800. The molecule has 12 heavy (non-hydrogen) atoms. The van der Waals surface area contributed by atoms with E-state index >= 15 is 0 Å². The molecule has 0 bridgehead atoms. The molecule has 1 heterocycles. The summed E-state index contributed by atoms with van der Waals surface area (Å²) in [6.07, 6.45) is 4.58. The topological polar surface area (TPSA) is 12.5 Å². The van der Waals surface area contributed by atoms with Gasteiger partial charge in [0.2, 0.25) is 0 Å². The van der Waals surface area contributed by atoms with Crippen LogP contribution < -0.4 is 0 Å². The van der Waals surface area contributed by atoms with Crippen molar-refractivity contribution in [3.8, 4) is 0 Å². The number of methoxy groups -OCH3 is 1. The first-order valence-corrected chi connectivity index (χ1v) is 4.66. The van der Waals surface area contributed by atoms with Gasteiger partial charge in [-0.1, -0.05) is 6.08 Å². The van der Waals surface area contributed by atoms with Crippen LogP contribution in [0.1, 0.15) is 19.8 Å². The Kier molecular flexibility index (Phi) is 3.76. The van der Waals surface area contributed by atoms with Gasteiger partial charge in [-0.2, -0.15) is 0 Å². The smallest absolute Gasteiger partial charge is 0.0618 e. The molecule has 0 saturated carbocycles. The van der Waals surface area contributed by atoms with Crippen LogP contribution in [-0.2, 0) is 4.74 Å². The first-order chi connectivity index (χ1) is 5.79. The minimum atomic E-state index is 0.493. The molecule has 0 aromatic heterocycles. The van der Waals surface area contributed by atoms with Crippen molar-refractivity contribution < 1.29 is 4.74 Å². The van der Waals surface area contributed by atoms with Crippen LogP contribution in [0.2, 0.25) is 0 Å². The van der Waals surface area contributed by atoms with E-state index < -0.39 is 0 Å². The summed E-state index contributed by atoms with van der Waals surface area (Å²) in [5.41, 5.74) is 0. The lowest BCUT2D eigenvalue weighted by Crippen LogP contribution is -2.38. The number of rotatable bonds is 4. The molecule has 70 valence electrons. The molecule has 0 aromatic carbocycles. The van der Waals surface area contributed by atoms with Gasteiger partial charge in [-0.3, -0.25) is 4.90 Å². The molecule has 0 aliphatic carbocycles. The van der Waals surface area contributed by atoms with Crippen molar-refractivity contribution in [2.75, 3.05) is 20.3 Å². The summed E-state index contributed by atoms with van der Waals surface area (Å²) in [5, 5.41) is 0. The lowest BCUT2D eigenvalue weighted by molar-refractivity contribution is 0.105. The molecule has 0 N–H and O–H groups in total. The third-order valence-corrected chi connectivity index (χ3v) is 2.65. The average molecular weight is 169 g/mol. The number of likely N-dealkylation sites (tertiary alicyclic amines) is 1. The van der Waals surface area contributed by atoms with Crippen molar-refractivity contribution in [3.63, 3.8) is 0 Å². The third-order valence-electron chi connectivity index (χ3n) is 2.65. The summed E-state index contributed by atoms with van der Waals surface area (Å²) in [6.45, 7) is 8.07. The van der Waals surface area contributed by atoms with E-state index in [2.05, 4.69) is 18.4 Å². The minimum Gasteiger partial charge on any atom is -0.383 e. The summed E-state index contributed by atoms with van der Waals surface area (Å²) < 4.78 is 5.17. The van der Waals surface area contributed by atoms with Crippen LogP contribution in [0, 0.1) is 0 Å². The molecular weight excluding hydrogens is 150 g/mol. The van der Waals surface area contributed by atoms with E-state index in [0.717, 1.165) is 6.61 Å². The molecule has 1 aliphatic rings. The quantitative estimate of drug-likeness (QED) is 0.594. The highest BCUT2D eigenvalue weighted by atomic mass is 16.5. The average Bonchev–Trinajstić information content (AvgIpc) is 2.52. The maximum Gasteiger partial charge on any atom is 0.0618 e. The van der Waals surface area contributed by atoms with E-state index in [4.69, 9.17) is 4.74 Å². The van der Waals surface area contributed by atoms with E-state index in [1.807, 2.05) is 6.08 Å². The molecule has 1 saturated heterocycles. The van der Waals surface area contributed by atoms with Crippen LogP contribution in [0.25, 0.3) is 0 Å². The lowest BCUT2D eigenvalue weighted by atomic mass is 10.2. The van der Waals surface area contributed by atoms with Crippen LogP contribution in [0.5, 0.6) is 0 Å². The standard InChI is InChI=1S/C10H19NO/c1-4-9(2)11-7-5-6-10(11)8-12-3/h4,9-10H,1,5-8H2,2-3H3/t9?,10-/m0/s1. The molecule has 2 nitrogen and oxygen atoms in total. The van der Waals surface area contributed by atoms with E-state index in [-0.39, 0.29) is 0 Å². The number of hydrogen-bond donors (Lipinski definition) is 0. The summed E-state index contributed by atoms with van der Waals surface area (Å²) in [6, 6.07) is 1.11. The van der Waals surface area contributed by atoms with Crippen LogP contribution in [0.4, 0.5) is 0 Å². The zero-order chi connectivity index (χ0) is 8.97. The second-order valence-electron chi connectivity index (χ2n) is 3.47. The zero-order valence-electron chi connectivity index (χ0n) is 8.12. The first-order valence-electron chi connectivity index (χ1n) is 4.66. The number of hydrogen-bond acceptors (Lipinski definition) is 2. The third kappa shape index (κ3) is 2.08. The highest BCUT2D eigenvalue weighted by Crippen LogP contribution is 2.20. The second-order valence-corrected chi connectivity index (χ2v) is 3.47. The maximum atomic E-state index is 5.17. The van der Waals surface area contributed by atoms with Crippen molar-refractivity contribution in [2.24, 2.45) is 0 Å². The Morgan fingerprint density at radius 3 is 3.08 bits per heavy atom. The Bertz CT molecular complexity index is 147. The van der Waals surface area contributed by atoms with Crippen LogP contribution in [0.3, 0.4) is 0 Å². The fourth-order valence-corrected chi connectivity index (χ4v) is 1.90. The Morgan fingerprint density at radius 2 is 2.50 bits per heavy atom. The van der Waals surface area contributed by atoms with Gasteiger partial charge in [-0.25, -0.2) is 0 Å². The van der Waals surface area contributed by atoms with Gasteiger partial charge < -0.3 is 4.74 Å². The summed E-state index contributed by atoms with van der Waals surface area (Å²) in [5.74, 6) is 0. The van der Waals surface area contributed by atoms with Crippen molar-refractivity contribution in [2.45, 2.75) is 31.8 Å². The molecule has 1 aliphatic heterocycles. The fourth-order valence-electron chi connectivity index (χ4n) is 1.90. The molecule has 1 rings (SSSR count). The molecule has 2 heteroatoms. The van der Waals surface area contributed by atoms with Crippen molar-refractivity contribution in [3.05, 3.63) is 12.7 Å². The Balaban J connectivity index is 2.45. The lowest BCUT2D eigenvalue weighted by Gasteiger charge is -2.27. The van der Waals surface area contributed by atoms with Gasteiger partial charge in [0.25, 0.3) is 0 Å². The van der Waals surface area contributed by atoms with Crippen molar-refractivity contribution in [1.82, 2.24) is 4.90 Å². The van der Waals surface area contributed by atoms with Gasteiger partial charge in [-0.15, -0.1) is 6.58 Å². The molecule has 1 fully saturated rings. The number of nitrogens with zero attached hydrogens (tertiary/aromatic N) is 1. The highest BCUT2D eigenvalue weighted by Gasteiger charge is 2.26. The van der Waals surface area contributed by atoms with E-state index in [9.17, 15) is 0 Å². The van der Waals surface area contributed by atoms with Crippen LogP contribution in [0.15, 0.2) is 12.7 Å². The molecule has 1 unspecified atom stereocenters. The Hall–Kier alpha value is -0.340. The largest absolute Gasteiger partial charge is 0.383 e. The summed E-state index contributed by atoms with van der Waals surface area (Å²) in [4.78, 5) is 2.47. The van der Waals surface area contributed by atoms with Gasteiger partial charge in [0.15, 0.2) is 0 Å². The van der Waals surface area contributed by atoms with E-state index in [1.165, 1.54) is 19.4 Å². The van der Waals surface area contributed by atoms with Crippen LogP contribution >= 0.6 is 0 Å². The van der Waals surface area contributed by atoms with Gasteiger partial charge >= 0.3 is 0 Å². The van der Waals surface area contributed by atoms with E-state index in [0.29, 0.717) is 12.1 Å². The normalized spacial score (nSPS) is 27.3. The summed E-state index contributed by atoms with van der Waals surface area (Å²) in [7, 11) is 1.77. The monoisotopic (exact) mass is 169 g/mol. The van der Waals surface area contributed by atoms with Gasteiger partial charge in [-0.05, 0) is 26.3 Å². The van der Waals surface area contributed by atoms with E-state index in [1.54, 1.807) is 7.11 Å². The Morgan fingerprint density at radius 1 is 1.75 bits per heavy atom. The predicted molar refractivity (Wildman–Crippen MR) is 51.3 cm³/mol. The second kappa shape index (κ2) is 4.63. The molecule has 2 atom stereocenters. The SMILES string of the molecule is C=CC(C)N1CCC[C@H]1COC. The molecular formula is C10H19NO. The van der Waals surface area contributed by atoms with Crippen molar-refractivity contribution >= 4 is 0 Å². The number of ether oxygens (including phenoxy) is 1. The van der Waals surface area contributed by atoms with Gasteiger partial charge in [0.1, 0.15) is 0 Å². The van der Waals surface area contributed by atoms with Crippen LogP contribution in [-0.4, -0.2) is 37.2 Å². The first kappa shape index (κ1) is 9.75. The van der Waals surface area contributed by atoms with Gasteiger partial charge in [0.05, 0.1) is 6.61 Å². The predicted octanol–water partition coefficient (Wildman–Crippen LogP) is 1.67.